The Labute approximate surface area is 108 Å². The Morgan fingerprint density at radius 2 is 1.89 bits per heavy atom. The minimum Gasteiger partial charge on any atom is -0.345 e. The topological polar surface area (TPSA) is 40.6 Å². The minimum absolute atomic E-state index is 0.0267. The van der Waals surface area contributed by atoms with Crippen molar-refractivity contribution < 1.29 is 9.59 Å². The Bertz CT molecular complexity index is 467. The van der Waals surface area contributed by atoms with Gasteiger partial charge in [0.1, 0.15) is 0 Å². The van der Waals surface area contributed by atoms with E-state index in [1.165, 1.54) is 4.90 Å². The van der Waals surface area contributed by atoms with Gasteiger partial charge in [-0.1, -0.05) is 13.8 Å². The molecule has 4 nitrogen and oxygen atoms in total. The van der Waals surface area contributed by atoms with E-state index in [0.717, 1.165) is 5.56 Å². The number of amides is 2. The molecule has 1 aliphatic rings. The summed E-state index contributed by atoms with van der Waals surface area (Å²) in [4.78, 5) is 26.6. The highest BCUT2D eigenvalue weighted by Gasteiger charge is 2.25. The average molecular weight is 248 g/mol. The highest BCUT2D eigenvalue weighted by Crippen LogP contribution is 2.22. The maximum atomic E-state index is 11.7. The normalized spacial score (nSPS) is 12.7. The lowest BCUT2D eigenvalue weighted by Gasteiger charge is -2.10. The molecule has 18 heavy (non-hydrogen) atoms. The highest BCUT2D eigenvalue weighted by atomic mass is 16.2. The summed E-state index contributed by atoms with van der Waals surface area (Å²) < 4.78 is 0. The van der Waals surface area contributed by atoms with E-state index in [4.69, 9.17) is 0 Å². The molecule has 0 fully saturated rings. The van der Waals surface area contributed by atoms with Gasteiger partial charge >= 0.3 is 0 Å². The smallest absolute Gasteiger partial charge is 0.254 e. The van der Waals surface area contributed by atoms with Gasteiger partial charge in [0.05, 0.1) is 0 Å². The van der Waals surface area contributed by atoms with Crippen LogP contribution in [0.1, 0.15) is 40.1 Å². The van der Waals surface area contributed by atoms with E-state index in [-0.39, 0.29) is 11.8 Å². The van der Waals surface area contributed by atoms with Crippen LogP contribution < -0.4 is 0 Å². The van der Waals surface area contributed by atoms with Crippen LogP contribution in [0, 0.1) is 0 Å². The molecule has 0 radical (unpaired) electrons. The number of nitrogens with zero attached hydrogens (tertiary/aromatic N) is 2. The molecule has 0 unspecified atom stereocenters. The zero-order valence-corrected chi connectivity index (χ0v) is 11.7. The molecule has 0 bridgehead atoms. The van der Waals surface area contributed by atoms with Gasteiger partial charge in [-0.15, -0.1) is 0 Å². The Balaban J connectivity index is 0.000000771. The van der Waals surface area contributed by atoms with E-state index in [1.807, 2.05) is 13.8 Å². The Hall–Kier alpha value is -1.84. The zero-order valence-electron chi connectivity index (χ0n) is 11.7. The first-order chi connectivity index (χ1) is 8.50. The van der Waals surface area contributed by atoms with Gasteiger partial charge in [0.2, 0.25) is 0 Å². The lowest BCUT2D eigenvalue weighted by Crippen LogP contribution is -2.21. The molecule has 0 aromatic heterocycles. The fourth-order valence-electron chi connectivity index (χ4n) is 1.86. The number of fused-ring (bicyclic) bond motifs is 1. The van der Waals surface area contributed by atoms with Crippen LogP contribution in [0.5, 0.6) is 0 Å². The molecule has 4 heteroatoms. The van der Waals surface area contributed by atoms with Crippen LogP contribution >= 0.6 is 0 Å². The molecule has 0 spiro atoms. The van der Waals surface area contributed by atoms with Gasteiger partial charge in [0.15, 0.2) is 0 Å². The van der Waals surface area contributed by atoms with E-state index in [9.17, 15) is 9.59 Å². The van der Waals surface area contributed by atoms with Gasteiger partial charge in [-0.2, -0.15) is 0 Å². The molecule has 2 amide bonds. The van der Waals surface area contributed by atoms with E-state index in [1.54, 1.807) is 44.2 Å². The van der Waals surface area contributed by atoms with Crippen LogP contribution in [-0.4, -0.2) is 42.8 Å². The summed E-state index contributed by atoms with van der Waals surface area (Å²) in [5.41, 5.74) is 2.27. The molecular weight excluding hydrogens is 228 g/mol. The molecule has 1 heterocycles. The Morgan fingerprint density at radius 3 is 2.44 bits per heavy atom. The van der Waals surface area contributed by atoms with Crippen LogP contribution in [0.2, 0.25) is 0 Å². The van der Waals surface area contributed by atoms with Gasteiger partial charge in [0, 0.05) is 38.8 Å². The van der Waals surface area contributed by atoms with Crippen LogP contribution in [0.3, 0.4) is 0 Å². The monoisotopic (exact) mass is 248 g/mol. The summed E-state index contributed by atoms with van der Waals surface area (Å²) in [6, 6.07) is 5.25. The van der Waals surface area contributed by atoms with Gasteiger partial charge in [-0.25, -0.2) is 0 Å². The third kappa shape index (κ3) is 2.53. The summed E-state index contributed by atoms with van der Waals surface area (Å²) in [6.45, 7) is 4.59. The summed E-state index contributed by atoms with van der Waals surface area (Å²) in [5.74, 6) is -0.0105. The molecule has 2 rings (SSSR count). The largest absolute Gasteiger partial charge is 0.345 e. The van der Waals surface area contributed by atoms with Crippen molar-refractivity contribution in [2.45, 2.75) is 20.4 Å². The van der Waals surface area contributed by atoms with Crippen LogP contribution in [-0.2, 0) is 6.54 Å². The maximum Gasteiger partial charge on any atom is 0.254 e. The second-order valence-corrected chi connectivity index (χ2v) is 4.23. The SMILES string of the molecule is CC.CN(C)C(=O)c1ccc2c(c1)CN(C)C2=O. The van der Waals surface area contributed by atoms with Crippen molar-refractivity contribution in [1.82, 2.24) is 9.80 Å². The summed E-state index contributed by atoms with van der Waals surface area (Å²) in [6.07, 6.45) is 0. The predicted molar refractivity (Wildman–Crippen MR) is 71.6 cm³/mol. The van der Waals surface area contributed by atoms with E-state index >= 15 is 0 Å². The van der Waals surface area contributed by atoms with Crippen molar-refractivity contribution in [3.8, 4) is 0 Å². The Morgan fingerprint density at radius 1 is 1.28 bits per heavy atom. The minimum atomic E-state index is -0.0372. The number of hydrogen-bond acceptors (Lipinski definition) is 2. The van der Waals surface area contributed by atoms with Gasteiger partial charge < -0.3 is 9.80 Å². The van der Waals surface area contributed by atoms with Crippen molar-refractivity contribution in [2.75, 3.05) is 21.1 Å². The van der Waals surface area contributed by atoms with Crippen molar-refractivity contribution >= 4 is 11.8 Å². The first-order valence-electron chi connectivity index (χ1n) is 6.10. The summed E-state index contributed by atoms with van der Waals surface area (Å²) >= 11 is 0. The fraction of sp³-hybridized carbons (Fsp3) is 0.429. The third-order valence-electron chi connectivity index (χ3n) is 2.74. The average Bonchev–Trinajstić information content (AvgIpc) is 2.66. The van der Waals surface area contributed by atoms with Crippen molar-refractivity contribution in [2.24, 2.45) is 0 Å². The van der Waals surface area contributed by atoms with Crippen molar-refractivity contribution in [3.05, 3.63) is 34.9 Å². The Kier molecular flexibility index (Phi) is 4.48. The molecule has 0 aliphatic carbocycles. The fourth-order valence-corrected chi connectivity index (χ4v) is 1.86. The number of hydrogen-bond donors (Lipinski definition) is 0. The zero-order chi connectivity index (χ0) is 13.9. The molecule has 0 N–H and O–H groups in total. The van der Waals surface area contributed by atoms with Crippen LogP contribution in [0.15, 0.2) is 18.2 Å². The standard InChI is InChI=1S/C12H14N2O2.C2H6/c1-13(2)11(15)8-4-5-10-9(6-8)7-14(3)12(10)16;1-2/h4-6H,7H2,1-3H3;1-2H3. The first kappa shape index (κ1) is 14.2. The highest BCUT2D eigenvalue weighted by molar-refractivity contribution is 6.00. The molecule has 1 aromatic rings. The second-order valence-electron chi connectivity index (χ2n) is 4.23. The molecule has 0 saturated heterocycles. The van der Waals surface area contributed by atoms with Gasteiger partial charge in [-0.05, 0) is 23.8 Å². The quantitative estimate of drug-likeness (QED) is 0.762. The number of rotatable bonds is 1. The molecule has 98 valence electrons. The lowest BCUT2D eigenvalue weighted by atomic mass is 10.1. The lowest BCUT2D eigenvalue weighted by molar-refractivity contribution is 0.0813. The van der Waals surface area contributed by atoms with Crippen molar-refractivity contribution in [1.29, 1.82) is 0 Å². The number of carbonyl (C=O) groups excluding carboxylic acids is 2. The molecule has 1 aromatic carbocycles. The summed E-state index contributed by atoms with van der Waals surface area (Å²) in [7, 11) is 5.19. The predicted octanol–water partition coefficient (Wildman–Crippen LogP) is 2.00. The van der Waals surface area contributed by atoms with E-state index in [2.05, 4.69) is 0 Å². The first-order valence-corrected chi connectivity index (χ1v) is 6.10. The number of carbonyl (C=O) groups is 2. The van der Waals surface area contributed by atoms with Crippen LogP contribution in [0.4, 0.5) is 0 Å². The third-order valence-corrected chi connectivity index (χ3v) is 2.74. The van der Waals surface area contributed by atoms with E-state index in [0.29, 0.717) is 17.7 Å². The summed E-state index contributed by atoms with van der Waals surface area (Å²) in [5, 5.41) is 0. The van der Waals surface area contributed by atoms with Gasteiger partial charge in [0.25, 0.3) is 11.8 Å². The maximum absolute atomic E-state index is 11.7. The van der Waals surface area contributed by atoms with Crippen molar-refractivity contribution in [3.63, 3.8) is 0 Å². The van der Waals surface area contributed by atoms with E-state index < -0.39 is 0 Å². The molecule has 0 atom stereocenters. The van der Waals surface area contributed by atoms with Crippen LogP contribution in [0.25, 0.3) is 0 Å². The molecule has 1 aliphatic heterocycles. The molecule has 0 saturated carbocycles. The second kappa shape index (κ2) is 5.67. The van der Waals surface area contributed by atoms with Gasteiger partial charge in [-0.3, -0.25) is 9.59 Å². The number of benzene rings is 1. The molecular formula is C14H20N2O2.